The molecule has 1 aromatic heterocycles. The predicted molar refractivity (Wildman–Crippen MR) is 89.9 cm³/mol. The van der Waals surface area contributed by atoms with E-state index in [9.17, 15) is 0 Å². The van der Waals surface area contributed by atoms with Crippen LogP contribution in [0.15, 0.2) is 17.9 Å². The number of halogens is 4. The van der Waals surface area contributed by atoms with E-state index in [1.165, 1.54) is 0 Å². The standard InChI is InChI=1S/C11H9Br4N3O/c12-5-6(13)8(15)10-9(7(5)14)16-11(17-10)18-1-3-19-4-2-18/h1-4H2,(H,16,17). The van der Waals surface area contributed by atoms with Crippen LogP contribution in [0, 0.1) is 0 Å². The van der Waals surface area contributed by atoms with Gasteiger partial charge in [0.25, 0.3) is 0 Å². The molecule has 19 heavy (non-hydrogen) atoms. The summed E-state index contributed by atoms with van der Waals surface area (Å²) >= 11 is 14.3. The van der Waals surface area contributed by atoms with Crippen LogP contribution in [0.3, 0.4) is 0 Å². The number of nitrogens with one attached hydrogen (secondary N) is 1. The van der Waals surface area contributed by atoms with E-state index in [2.05, 4.69) is 78.6 Å². The maximum Gasteiger partial charge on any atom is 0.204 e. The number of benzene rings is 1. The Kier molecular flexibility index (Phi) is 4.24. The van der Waals surface area contributed by atoms with E-state index in [1.54, 1.807) is 0 Å². The van der Waals surface area contributed by atoms with E-state index < -0.39 is 0 Å². The predicted octanol–water partition coefficient (Wildman–Crippen LogP) is 4.45. The molecule has 102 valence electrons. The van der Waals surface area contributed by atoms with Gasteiger partial charge in [0.05, 0.1) is 27.7 Å². The molecule has 0 atom stereocenters. The highest BCUT2D eigenvalue weighted by Gasteiger charge is 2.20. The van der Waals surface area contributed by atoms with E-state index in [1.807, 2.05) is 0 Å². The van der Waals surface area contributed by atoms with Gasteiger partial charge in [-0.3, -0.25) is 0 Å². The van der Waals surface area contributed by atoms with Gasteiger partial charge in [-0.15, -0.1) is 0 Å². The number of H-pyrrole nitrogens is 1. The number of anilines is 1. The maximum absolute atomic E-state index is 5.36. The zero-order valence-electron chi connectivity index (χ0n) is 9.64. The molecule has 0 spiro atoms. The van der Waals surface area contributed by atoms with E-state index in [0.29, 0.717) is 0 Å². The van der Waals surface area contributed by atoms with Crippen molar-refractivity contribution in [3.8, 4) is 0 Å². The first kappa shape index (κ1) is 14.3. The van der Waals surface area contributed by atoms with Gasteiger partial charge in [-0.2, -0.15) is 0 Å². The topological polar surface area (TPSA) is 41.2 Å². The Morgan fingerprint density at radius 2 is 1.58 bits per heavy atom. The highest BCUT2D eigenvalue weighted by molar-refractivity contribution is 9.15. The SMILES string of the molecule is Brc1c(Br)c(Br)c2[nH]c(N3CCOCC3)nc2c1Br. The average molecular weight is 519 g/mol. The zero-order valence-corrected chi connectivity index (χ0v) is 16.0. The third kappa shape index (κ3) is 2.50. The Morgan fingerprint density at radius 1 is 0.947 bits per heavy atom. The molecule has 1 saturated heterocycles. The summed E-state index contributed by atoms with van der Waals surface area (Å²) < 4.78 is 9.18. The molecule has 1 aromatic carbocycles. The quantitative estimate of drug-likeness (QED) is 0.448. The Morgan fingerprint density at radius 3 is 2.26 bits per heavy atom. The molecule has 2 aromatic rings. The number of hydrogen-bond acceptors (Lipinski definition) is 3. The van der Waals surface area contributed by atoms with Crippen molar-refractivity contribution in [1.29, 1.82) is 0 Å². The molecule has 3 rings (SSSR count). The lowest BCUT2D eigenvalue weighted by Crippen LogP contribution is -2.36. The minimum atomic E-state index is 0.743. The lowest BCUT2D eigenvalue weighted by Gasteiger charge is -2.26. The van der Waals surface area contributed by atoms with Gasteiger partial charge in [-0.05, 0) is 63.7 Å². The maximum atomic E-state index is 5.36. The smallest absolute Gasteiger partial charge is 0.204 e. The van der Waals surface area contributed by atoms with Gasteiger partial charge < -0.3 is 14.6 Å². The van der Waals surface area contributed by atoms with Crippen LogP contribution in [0.1, 0.15) is 0 Å². The molecular formula is C11H9Br4N3O. The van der Waals surface area contributed by atoms with Gasteiger partial charge in [-0.1, -0.05) is 0 Å². The van der Waals surface area contributed by atoms with Crippen LogP contribution in [-0.4, -0.2) is 36.3 Å². The number of hydrogen-bond donors (Lipinski definition) is 1. The Balaban J connectivity index is 2.14. The molecule has 0 bridgehead atoms. The van der Waals surface area contributed by atoms with Crippen LogP contribution in [0.25, 0.3) is 11.0 Å². The highest BCUT2D eigenvalue weighted by Crippen LogP contribution is 2.43. The summed E-state index contributed by atoms with van der Waals surface area (Å²) in [6, 6.07) is 0. The van der Waals surface area contributed by atoms with Crippen molar-refractivity contribution < 1.29 is 4.74 Å². The monoisotopic (exact) mass is 515 g/mol. The fraction of sp³-hybridized carbons (Fsp3) is 0.364. The van der Waals surface area contributed by atoms with Crippen molar-refractivity contribution in [3.63, 3.8) is 0 Å². The van der Waals surface area contributed by atoms with Crippen molar-refractivity contribution >= 4 is 80.7 Å². The van der Waals surface area contributed by atoms with Crippen molar-refractivity contribution in [3.05, 3.63) is 17.9 Å². The second kappa shape index (κ2) is 5.63. The molecule has 0 saturated carbocycles. The number of imidazole rings is 1. The minimum Gasteiger partial charge on any atom is -0.378 e. The summed E-state index contributed by atoms with van der Waals surface area (Å²) in [5.41, 5.74) is 1.88. The molecule has 2 heterocycles. The summed E-state index contributed by atoms with van der Waals surface area (Å²) in [6.45, 7) is 3.20. The van der Waals surface area contributed by atoms with Crippen LogP contribution in [0.5, 0.6) is 0 Å². The number of ether oxygens (including phenoxy) is 1. The second-order valence-electron chi connectivity index (χ2n) is 4.14. The molecular weight excluding hydrogens is 510 g/mol. The van der Waals surface area contributed by atoms with Crippen LogP contribution >= 0.6 is 63.7 Å². The molecule has 0 radical (unpaired) electrons. The van der Waals surface area contributed by atoms with E-state index >= 15 is 0 Å². The van der Waals surface area contributed by atoms with E-state index in [-0.39, 0.29) is 0 Å². The zero-order chi connectivity index (χ0) is 13.6. The molecule has 4 nitrogen and oxygen atoms in total. The van der Waals surface area contributed by atoms with Crippen molar-refractivity contribution in [2.75, 3.05) is 31.2 Å². The lowest BCUT2D eigenvalue weighted by atomic mass is 10.3. The molecule has 0 aliphatic carbocycles. The molecule has 1 aliphatic heterocycles. The normalized spacial score (nSPS) is 16.3. The largest absolute Gasteiger partial charge is 0.378 e. The number of aromatic amines is 1. The summed E-state index contributed by atoms with van der Waals surface area (Å²) in [4.78, 5) is 10.3. The fourth-order valence-electron chi connectivity index (χ4n) is 2.01. The summed E-state index contributed by atoms with van der Waals surface area (Å²) in [6.07, 6.45) is 0. The van der Waals surface area contributed by atoms with Crippen molar-refractivity contribution in [2.24, 2.45) is 0 Å². The first-order valence-electron chi connectivity index (χ1n) is 5.64. The van der Waals surface area contributed by atoms with Gasteiger partial charge in [-0.25, -0.2) is 4.98 Å². The fourth-order valence-corrected chi connectivity index (χ4v) is 4.29. The summed E-state index contributed by atoms with van der Waals surface area (Å²) in [5.74, 6) is 0.879. The van der Waals surface area contributed by atoms with Gasteiger partial charge in [0.2, 0.25) is 5.95 Å². The average Bonchev–Trinajstić information content (AvgIpc) is 2.89. The minimum absolute atomic E-state index is 0.743. The number of fused-ring (bicyclic) bond motifs is 1. The number of rotatable bonds is 1. The van der Waals surface area contributed by atoms with E-state index in [0.717, 1.165) is 61.2 Å². The first-order chi connectivity index (χ1) is 9.09. The molecule has 8 heteroatoms. The Bertz CT molecular complexity index is 592. The number of morpholine rings is 1. The first-order valence-corrected chi connectivity index (χ1v) is 8.81. The van der Waals surface area contributed by atoms with Gasteiger partial charge >= 0.3 is 0 Å². The lowest BCUT2D eigenvalue weighted by molar-refractivity contribution is 0.122. The van der Waals surface area contributed by atoms with Crippen LogP contribution in [0.4, 0.5) is 5.95 Å². The molecule has 0 unspecified atom stereocenters. The Hall–Kier alpha value is 0.370. The number of aromatic nitrogens is 2. The van der Waals surface area contributed by atoms with Crippen LogP contribution < -0.4 is 4.90 Å². The second-order valence-corrected chi connectivity index (χ2v) is 7.31. The van der Waals surface area contributed by atoms with Crippen molar-refractivity contribution in [1.82, 2.24) is 9.97 Å². The van der Waals surface area contributed by atoms with Gasteiger partial charge in [0.15, 0.2) is 0 Å². The Labute approximate surface area is 143 Å². The molecule has 1 fully saturated rings. The van der Waals surface area contributed by atoms with E-state index in [4.69, 9.17) is 4.74 Å². The van der Waals surface area contributed by atoms with Crippen molar-refractivity contribution in [2.45, 2.75) is 0 Å². The molecule has 1 aliphatic rings. The summed E-state index contributed by atoms with van der Waals surface area (Å²) in [7, 11) is 0. The third-order valence-corrected chi connectivity index (χ3v) is 7.75. The number of nitrogens with zero attached hydrogens (tertiary/aromatic N) is 2. The highest BCUT2D eigenvalue weighted by atomic mass is 79.9. The third-order valence-electron chi connectivity index (χ3n) is 3.01. The van der Waals surface area contributed by atoms with Crippen LogP contribution in [0.2, 0.25) is 0 Å². The summed E-state index contributed by atoms with van der Waals surface area (Å²) in [5, 5.41) is 0. The van der Waals surface area contributed by atoms with Gasteiger partial charge in [0, 0.05) is 22.0 Å². The molecule has 0 amide bonds. The van der Waals surface area contributed by atoms with Crippen LogP contribution in [-0.2, 0) is 4.74 Å². The molecule has 1 N–H and O–H groups in total. The van der Waals surface area contributed by atoms with Gasteiger partial charge in [0.1, 0.15) is 5.52 Å².